The predicted molar refractivity (Wildman–Crippen MR) is 129 cm³/mol. The monoisotopic (exact) mass is 514 g/mol. The highest BCUT2D eigenvalue weighted by atomic mass is 127. The number of guanidine groups is 1. The van der Waals surface area contributed by atoms with E-state index in [1.54, 1.807) is 0 Å². The van der Waals surface area contributed by atoms with Gasteiger partial charge in [0.15, 0.2) is 11.7 Å². The van der Waals surface area contributed by atoms with Gasteiger partial charge in [-0.05, 0) is 37.8 Å². The van der Waals surface area contributed by atoms with Crippen molar-refractivity contribution in [3.8, 4) is 0 Å². The minimum atomic E-state index is 0. The quantitative estimate of drug-likeness (QED) is 0.251. The molecule has 162 valence electrons. The number of hydrogen-bond donors (Lipinski definition) is 2. The number of rotatable bonds is 11. The van der Waals surface area contributed by atoms with Gasteiger partial charge in [-0.1, -0.05) is 43.3 Å². The molecular weight excluding hydrogens is 479 g/mol. The van der Waals surface area contributed by atoms with Crippen LogP contribution in [0, 0.1) is 0 Å². The average molecular weight is 514 g/mol. The number of halogens is 1. The molecule has 0 saturated heterocycles. The second-order valence-electron chi connectivity index (χ2n) is 6.69. The summed E-state index contributed by atoms with van der Waals surface area (Å²) in [5, 5.41) is 10.8. The van der Waals surface area contributed by atoms with Crippen LogP contribution in [0.1, 0.15) is 69.0 Å². The molecule has 0 unspecified atom stereocenters. The largest absolute Gasteiger partial charge is 0.377 e. The third-order valence-corrected chi connectivity index (χ3v) is 4.74. The second kappa shape index (κ2) is 14.4. The van der Waals surface area contributed by atoms with Crippen molar-refractivity contribution in [1.82, 2.24) is 15.8 Å². The lowest BCUT2D eigenvalue weighted by Gasteiger charge is -2.11. The number of aliphatic imine (C=N–C) groups is 1. The first-order chi connectivity index (χ1) is 13.7. The summed E-state index contributed by atoms with van der Waals surface area (Å²) in [6, 6.07) is 10.3. The summed E-state index contributed by atoms with van der Waals surface area (Å²) in [6.45, 7) is 11.7. The summed E-state index contributed by atoms with van der Waals surface area (Å²) < 4.78 is 11.1. The minimum Gasteiger partial charge on any atom is -0.377 e. The zero-order chi connectivity index (χ0) is 20.2. The fourth-order valence-corrected chi connectivity index (χ4v) is 3.05. The number of aromatic nitrogens is 1. The van der Waals surface area contributed by atoms with Gasteiger partial charge in [0.1, 0.15) is 0 Å². The van der Waals surface area contributed by atoms with E-state index in [1.807, 2.05) is 25.1 Å². The van der Waals surface area contributed by atoms with Crippen molar-refractivity contribution in [3.05, 3.63) is 52.9 Å². The van der Waals surface area contributed by atoms with Crippen LogP contribution in [0.4, 0.5) is 0 Å². The fourth-order valence-electron chi connectivity index (χ4n) is 3.05. The number of nitrogens with one attached hydrogen (secondary N) is 2. The van der Waals surface area contributed by atoms with E-state index in [0.717, 1.165) is 36.8 Å². The molecule has 6 nitrogen and oxygen atoms in total. The molecule has 2 rings (SSSR count). The van der Waals surface area contributed by atoms with E-state index in [-0.39, 0.29) is 24.0 Å². The van der Waals surface area contributed by atoms with Gasteiger partial charge >= 0.3 is 0 Å². The van der Waals surface area contributed by atoms with Crippen LogP contribution in [0.3, 0.4) is 0 Å². The Labute approximate surface area is 191 Å². The Balaban J connectivity index is 0.00000420. The zero-order valence-electron chi connectivity index (χ0n) is 18.0. The number of ether oxygens (including phenoxy) is 1. The number of nitrogens with zero attached hydrogens (tertiary/aromatic N) is 2. The smallest absolute Gasteiger partial charge is 0.191 e. The van der Waals surface area contributed by atoms with Crippen LogP contribution in [0.5, 0.6) is 0 Å². The highest BCUT2D eigenvalue weighted by molar-refractivity contribution is 14.0. The first-order valence-corrected chi connectivity index (χ1v) is 10.3. The number of benzene rings is 1. The van der Waals surface area contributed by atoms with Crippen molar-refractivity contribution in [2.75, 3.05) is 13.2 Å². The van der Waals surface area contributed by atoms with Crippen LogP contribution < -0.4 is 10.6 Å². The molecule has 0 aliphatic rings. The first kappa shape index (κ1) is 25.4. The maximum atomic E-state index is 5.56. The van der Waals surface area contributed by atoms with Gasteiger partial charge < -0.3 is 19.9 Å². The standard InChI is InChI=1S/C22H34N4O2.HI/c1-5-17(6-2)21-13-20(28-26-21)15-25-22(23-7-3)24-14-18-11-9-10-12-19(18)16-27-8-4;/h9-13,17H,5-8,14-16H2,1-4H3,(H2,23,24,25);1H. The minimum absolute atomic E-state index is 0. The molecule has 0 amide bonds. The van der Waals surface area contributed by atoms with E-state index in [9.17, 15) is 0 Å². The molecule has 1 aromatic heterocycles. The third-order valence-electron chi connectivity index (χ3n) is 4.74. The summed E-state index contributed by atoms with van der Waals surface area (Å²) in [4.78, 5) is 4.72. The molecule has 0 bridgehead atoms. The summed E-state index contributed by atoms with van der Waals surface area (Å²) in [5.74, 6) is 2.04. The molecule has 1 aromatic carbocycles. The summed E-state index contributed by atoms with van der Waals surface area (Å²) >= 11 is 0. The fraction of sp³-hybridized carbons (Fsp3) is 0.545. The Kier molecular flexibility index (Phi) is 12.6. The van der Waals surface area contributed by atoms with E-state index in [1.165, 1.54) is 11.1 Å². The molecule has 0 spiro atoms. The van der Waals surface area contributed by atoms with Crippen molar-refractivity contribution >= 4 is 29.9 Å². The second-order valence-corrected chi connectivity index (χ2v) is 6.69. The van der Waals surface area contributed by atoms with Gasteiger partial charge in [-0.3, -0.25) is 0 Å². The predicted octanol–water partition coefficient (Wildman–Crippen LogP) is 4.99. The normalized spacial score (nSPS) is 11.4. The Bertz CT molecular complexity index is 729. The summed E-state index contributed by atoms with van der Waals surface area (Å²) in [6.07, 6.45) is 2.14. The lowest BCUT2D eigenvalue weighted by molar-refractivity contribution is 0.133. The van der Waals surface area contributed by atoms with E-state index in [4.69, 9.17) is 14.3 Å². The zero-order valence-corrected chi connectivity index (χ0v) is 20.4. The molecule has 0 saturated carbocycles. The third kappa shape index (κ3) is 8.34. The Morgan fingerprint density at radius 2 is 1.83 bits per heavy atom. The lowest BCUT2D eigenvalue weighted by Crippen LogP contribution is -2.36. The van der Waals surface area contributed by atoms with Gasteiger partial charge in [0.05, 0.1) is 25.4 Å². The Morgan fingerprint density at radius 3 is 2.48 bits per heavy atom. The van der Waals surface area contributed by atoms with Crippen molar-refractivity contribution in [3.63, 3.8) is 0 Å². The SMILES string of the molecule is CCNC(=NCc1ccccc1COCC)NCc1cc(C(CC)CC)no1.I. The molecule has 2 aromatic rings. The van der Waals surface area contributed by atoms with Crippen LogP contribution in [-0.2, 0) is 24.4 Å². The highest BCUT2D eigenvalue weighted by Gasteiger charge is 2.13. The van der Waals surface area contributed by atoms with E-state index in [2.05, 4.69) is 48.7 Å². The summed E-state index contributed by atoms with van der Waals surface area (Å²) in [7, 11) is 0. The molecule has 29 heavy (non-hydrogen) atoms. The van der Waals surface area contributed by atoms with Crippen molar-refractivity contribution in [2.45, 2.75) is 66.2 Å². The van der Waals surface area contributed by atoms with Crippen molar-refractivity contribution in [2.24, 2.45) is 4.99 Å². The van der Waals surface area contributed by atoms with Gasteiger partial charge in [-0.2, -0.15) is 0 Å². The van der Waals surface area contributed by atoms with Crippen molar-refractivity contribution in [1.29, 1.82) is 0 Å². The van der Waals surface area contributed by atoms with Gasteiger partial charge in [-0.15, -0.1) is 24.0 Å². The van der Waals surface area contributed by atoms with E-state index >= 15 is 0 Å². The maximum absolute atomic E-state index is 5.56. The van der Waals surface area contributed by atoms with Gasteiger partial charge in [-0.25, -0.2) is 4.99 Å². The molecule has 7 heteroatoms. The molecule has 0 aliphatic carbocycles. The van der Waals surface area contributed by atoms with Gasteiger partial charge in [0.2, 0.25) is 0 Å². The highest BCUT2D eigenvalue weighted by Crippen LogP contribution is 2.22. The molecule has 0 atom stereocenters. The van der Waals surface area contributed by atoms with Crippen LogP contribution in [0.25, 0.3) is 0 Å². The van der Waals surface area contributed by atoms with Crippen molar-refractivity contribution < 1.29 is 9.26 Å². The van der Waals surface area contributed by atoms with Crippen LogP contribution in [0.2, 0.25) is 0 Å². The molecule has 0 aliphatic heterocycles. The molecule has 1 heterocycles. The molecule has 0 radical (unpaired) electrons. The van der Waals surface area contributed by atoms with Crippen LogP contribution >= 0.6 is 24.0 Å². The molecule has 2 N–H and O–H groups in total. The lowest BCUT2D eigenvalue weighted by atomic mass is 9.99. The Hall–Kier alpha value is -1.61. The maximum Gasteiger partial charge on any atom is 0.191 e. The van der Waals surface area contributed by atoms with E-state index < -0.39 is 0 Å². The first-order valence-electron chi connectivity index (χ1n) is 10.3. The van der Waals surface area contributed by atoms with Crippen LogP contribution in [-0.4, -0.2) is 24.3 Å². The van der Waals surface area contributed by atoms with Crippen LogP contribution in [0.15, 0.2) is 39.8 Å². The van der Waals surface area contributed by atoms with Gasteiger partial charge in [0, 0.05) is 25.1 Å². The molecular formula is C22H35IN4O2. The van der Waals surface area contributed by atoms with Gasteiger partial charge in [0.25, 0.3) is 0 Å². The average Bonchev–Trinajstić information content (AvgIpc) is 3.19. The van der Waals surface area contributed by atoms with E-state index in [0.29, 0.717) is 32.2 Å². The summed E-state index contributed by atoms with van der Waals surface area (Å²) in [5.41, 5.74) is 3.38. The molecule has 0 fully saturated rings. The topological polar surface area (TPSA) is 71.7 Å². The number of hydrogen-bond acceptors (Lipinski definition) is 4. The Morgan fingerprint density at radius 1 is 1.10 bits per heavy atom.